The molecular weight excluding hydrogens is 222 g/mol. The van der Waals surface area contributed by atoms with Crippen LogP contribution in [0.5, 0.6) is 5.75 Å². The molecule has 3 heteroatoms. The van der Waals surface area contributed by atoms with Crippen molar-refractivity contribution in [2.24, 2.45) is 11.7 Å². The molecule has 2 nitrogen and oxygen atoms in total. The molecule has 0 amide bonds. The average molecular weight is 242 g/mol. The van der Waals surface area contributed by atoms with Gasteiger partial charge in [0.05, 0.1) is 6.61 Å². The van der Waals surface area contributed by atoms with E-state index in [0.717, 1.165) is 35.8 Å². The molecule has 0 heterocycles. The van der Waals surface area contributed by atoms with Crippen molar-refractivity contribution in [2.75, 3.05) is 13.2 Å². The van der Waals surface area contributed by atoms with E-state index in [2.05, 4.69) is 13.8 Å². The summed E-state index contributed by atoms with van der Waals surface area (Å²) in [4.78, 5) is 0. The maximum absolute atomic E-state index is 5.97. The van der Waals surface area contributed by atoms with Crippen molar-refractivity contribution in [1.29, 1.82) is 0 Å². The molecule has 1 aromatic carbocycles. The summed E-state index contributed by atoms with van der Waals surface area (Å²) in [6.07, 6.45) is 1.88. The zero-order valence-corrected chi connectivity index (χ0v) is 10.8. The van der Waals surface area contributed by atoms with Crippen LogP contribution in [0.2, 0.25) is 5.02 Å². The van der Waals surface area contributed by atoms with E-state index in [-0.39, 0.29) is 0 Å². The molecule has 90 valence electrons. The number of hydrogen-bond donors (Lipinski definition) is 1. The van der Waals surface area contributed by atoms with E-state index in [1.807, 2.05) is 18.2 Å². The number of aryl methyl sites for hydroxylation is 1. The van der Waals surface area contributed by atoms with Crippen LogP contribution < -0.4 is 10.5 Å². The van der Waals surface area contributed by atoms with Crippen molar-refractivity contribution < 1.29 is 4.74 Å². The molecule has 1 aromatic rings. The Morgan fingerprint density at radius 1 is 1.38 bits per heavy atom. The first-order valence-electron chi connectivity index (χ1n) is 5.74. The summed E-state index contributed by atoms with van der Waals surface area (Å²) in [7, 11) is 0. The molecule has 0 saturated heterocycles. The normalized spacial score (nSPS) is 10.8. The molecule has 0 aliphatic heterocycles. The van der Waals surface area contributed by atoms with Crippen molar-refractivity contribution in [3.05, 3.63) is 28.8 Å². The van der Waals surface area contributed by atoms with E-state index in [0.29, 0.717) is 12.5 Å². The molecule has 2 N–H and O–H groups in total. The monoisotopic (exact) mass is 241 g/mol. The standard InChI is InChI=1S/C13H20ClNO/c1-10(2)9-16-13-6-5-12(14)8-11(13)4-3-7-15/h5-6,8,10H,3-4,7,9,15H2,1-2H3. The Hall–Kier alpha value is -0.730. The van der Waals surface area contributed by atoms with Gasteiger partial charge in [-0.25, -0.2) is 0 Å². The van der Waals surface area contributed by atoms with Gasteiger partial charge >= 0.3 is 0 Å². The zero-order valence-electron chi connectivity index (χ0n) is 10.0. The van der Waals surface area contributed by atoms with E-state index in [4.69, 9.17) is 22.1 Å². The Morgan fingerprint density at radius 3 is 2.75 bits per heavy atom. The summed E-state index contributed by atoms with van der Waals surface area (Å²) in [5, 5.41) is 0.754. The molecular formula is C13H20ClNO. The van der Waals surface area contributed by atoms with Crippen LogP contribution in [0.4, 0.5) is 0 Å². The second kappa shape index (κ2) is 6.77. The van der Waals surface area contributed by atoms with Gasteiger partial charge in [0, 0.05) is 5.02 Å². The highest BCUT2D eigenvalue weighted by Crippen LogP contribution is 2.24. The highest BCUT2D eigenvalue weighted by molar-refractivity contribution is 6.30. The van der Waals surface area contributed by atoms with Gasteiger partial charge in [-0.2, -0.15) is 0 Å². The van der Waals surface area contributed by atoms with Gasteiger partial charge < -0.3 is 10.5 Å². The lowest BCUT2D eigenvalue weighted by atomic mass is 10.1. The van der Waals surface area contributed by atoms with E-state index in [1.54, 1.807) is 0 Å². The number of ether oxygens (including phenoxy) is 1. The fourth-order valence-electron chi connectivity index (χ4n) is 1.43. The number of rotatable bonds is 6. The summed E-state index contributed by atoms with van der Waals surface area (Å²) in [6, 6.07) is 5.77. The first kappa shape index (κ1) is 13.3. The van der Waals surface area contributed by atoms with Gasteiger partial charge in [0.15, 0.2) is 0 Å². The van der Waals surface area contributed by atoms with Crippen LogP contribution in [0.1, 0.15) is 25.8 Å². The smallest absolute Gasteiger partial charge is 0.122 e. The van der Waals surface area contributed by atoms with Gasteiger partial charge in [-0.3, -0.25) is 0 Å². The van der Waals surface area contributed by atoms with E-state index >= 15 is 0 Å². The van der Waals surface area contributed by atoms with Crippen LogP contribution in [0, 0.1) is 5.92 Å². The first-order chi connectivity index (χ1) is 7.63. The van der Waals surface area contributed by atoms with Gasteiger partial charge in [0.25, 0.3) is 0 Å². The van der Waals surface area contributed by atoms with Gasteiger partial charge in [-0.05, 0) is 49.1 Å². The summed E-state index contributed by atoms with van der Waals surface area (Å²) in [5.41, 5.74) is 6.66. The van der Waals surface area contributed by atoms with Gasteiger partial charge in [0.1, 0.15) is 5.75 Å². The van der Waals surface area contributed by atoms with Gasteiger partial charge in [-0.1, -0.05) is 25.4 Å². The number of benzene rings is 1. The minimum atomic E-state index is 0.526. The second-order valence-electron chi connectivity index (χ2n) is 4.35. The van der Waals surface area contributed by atoms with Crippen LogP contribution in [0.25, 0.3) is 0 Å². The average Bonchev–Trinajstić information content (AvgIpc) is 2.24. The summed E-state index contributed by atoms with van der Waals surface area (Å²) in [5.74, 6) is 1.46. The Morgan fingerprint density at radius 2 is 2.12 bits per heavy atom. The van der Waals surface area contributed by atoms with E-state index in [9.17, 15) is 0 Å². The Labute approximate surface area is 103 Å². The number of halogens is 1. The molecule has 0 bridgehead atoms. The van der Waals surface area contributed by atoms with Gasteiger partial charge in [-0.15, -0.1) is 0 Å². The largest absolute Gasteiger partial charge is 0.493 e. The van der Waals surface area contributed by atoms with E-state index < -0.39 is 0 Å². The van der Waals surface area contributed by atoms with Crippen molar-refractivity contribution in [3.63, 3.8) is 0 Å². The third kappa shape index (κ3) is 4.42. The molecule has 0 fully saturated rings. The molecule has 0 saturated carbocycles. The lowest BCUT2D eigenvalue weighted by Crippen LogP contribution is -2.07. The maximum Gasteiger partial charge on any atom is 0.122 e. The minimum Gasteiger partial charge on any atom is -0.493 e. The molecule has 0 unspecified atom stereocenters. The van der Waals surface area contributed by atoms with Crippen molar-refractivity contribution >= 4 is 11.6 Å². The zero-order chi connectivity index (χ0) is 12.0. The minimum absolute atomic E-state index is 0.526. The molecule has 0 aliphatic carbocycles. The van der Waals surface area contributed by atoms with Crippen LogP contribution in [0.3, 0.4) is 0 Å². The predicted molar refractivity (Wildman–Crippen MR) is 69.2 cm³/mol. The van der Waals surface area contributed by atoms with Crippen molar-refractivity contribution in [2.45, 2.75) is 26.7 Å². The molecule has 0 radical (unpaired) electrons. The second-order valence-corrected chi connectivity index (χ2v) is 4.79. The Kier molecular flexibility index (Phi) is 5.64. The fraction of sp³-hybridized carbons (Fsp3) is 0.538. The molecule has 16 heavy (non-hydrogen) atoms. The van der Waals surface area contributed by atoms with Crippen LogP contribution in [-0.4, -0.2) is 13.2 Å². The third-order valence-electron chi connectivity index (χ3n) is 2.24. The number of hydrogen-bond acceptors (Lipinski definition) is 2. The fourth-order valence-corrected chi connectivity index (χ4v) is 1.63. The van der Waals surface area contributed by atoms with E-state index in [1.165, 1.54) is 0 Å². The quantitative estimate of drug-likeness (QED) is 0.830. The first-order valence-corrected chi connectivity index (χ1v) is 6.12. The summed E-state index contributed by atoms with van der Waals surface area (Å²) in [6.45, 7) is 5.69. The summed E-state index contributed by atoms with van der Waals surface area (Å²) < 4.78 is 5.75. The Balaban J connectivity index is 2.72. The van der Waals surface area contributed by atoms with Crippen LogP contribution in [0.15, 0.2) is 18.2 Å². The molecule has 0 spiro atoms. The SMILES string of the molecule is CC(C)COc1ccc(Cl)cc1CCCN. The van der Waals surface area contributed by atoms with Crippen LogP contribution in [-0.2, 0) is 6.42 Å². The third-order valence-corrected chi connectivity index (χ3v) is 2.48. The predicted octanol–water partition coefficient (Wildman–Crippen LogP) is 3.27. The lowest BCUT2D eigenvalue weighted by Gasteiger charge is -2.13. The van der Waals surface area contributed by atoms with Crippen molar-refractivity contribution in [3.8, 4) is 5.75 Å². The Bertz CT molecular complexity index is 326. The lowest BCUT2D eigenvalue weighted by molar-refractivity contribution is 0.268. The van der Waals surface area contributed by atoms with Gasteiger partial charge in [0.2, 0.25) is 0 Å². The molecule has 0 aliphatic rings. The molecule has 1 rings (SSSR count). The summed E-state index contributed by atoms with van der Waals surface area (Å²) >= 11 is 5.97. The van der Waals surface area contributed by atoms with Crippen LogP contribution >= 0.6 is 11.6 Å². The highest BCUT2D eigenvalue weighted by atomic mass is 35.5. The molecule has 0 atom stereocenters. The highest BCUT2D eigenvalue weighted by Gasteiger charge is 2.05. The topological polar surface area (TPSA) is 35.2 Å². The van der Waals surface area contributed by atoms with Crippen molar-refractivity contribution in [1.82, 2.24) is 0 Å². The maximum atomic E-state index is 5.97. The number of nitrogens with two attached hydrogens (primary N) is 1. The molecule has 0 aromatic heterocycles.